The number of nitrogens with one attached hydrogen (secondary N) is 2. The fourth-order valence-electron chi connectivity index (χ4n) is 11.4. The van der Waals surface area contributed by atoms with Crippen LogP contribution in [0.15, 0.2) is 18.2 Å². The first-order chi connectivity index (χ1) is 25.3. The van der Waals surface area contributed by atoms with Crippen molar-refractivity contribution in [1.82, 2.24) is 30.2 Å². The van der Waals surface area contributed by atoms with E-state index >= 15 is 0 Å². The Morgan fingerprint density at radius 2 is 1.75 bits per heavy atom. The quantitative estimate of drug-likeness (QED) is 0.405. The largest absolute Gasteiger partial charge is 0.381 e. The number of rotatable bonds is 3. The predicted octanol–water partition coefficient (Wildman–Crippen LogP) is 5.38. The van der Waals surface area contributed by atoms with Gasteiger partial charge in [-0.2, -0.15) is 0 Å². The first-order valence-corrected chi connectivity index (χ1v) is 21.1. The first kappa shape index (κ1) is 34.1. The number of hydrogen-bond acceptors (Lipinski definition) is 6. The van der Waals surface area contributed by atoms with Gasteiger partial charge in [-0.15, -0.1) is 0 Å². The third-order valence-electron chi connectivity index (χ3n) is 14.1. The number of ether oxygens (including phenoxy) is 2. The molecule has 2 aromatic carbocycles. The molecule has 6 atom stereocenters. The van der Waals surface area contributed by atoms with Crippen LogP contribution >= 0.6 is 22.6 Å². The van der Waals surface area contributed by atoms with Gasteiger partial charge in [-0.1, -0.05) is 6.07 Å². The highest BCUT2D eigenvalue weighted by atomic mass is 127. The van der Waals surface area contributed by atoms with Gasteiger partial charge in [0.05, 0.1) is 25.4 Å². The second kappa shape index (κ2) is 13.4. The predicted molar refractivity (Wildman–Crippen MR) is 206 cm³/mol. The molecule has 0 radical (unpaired) electrons. The maximum atomic E-state index is 13.9. The Kier molecular flexibility index (Phi) is 8.77. The van der Waals surface area contributed by atoms with Crippen LogP contribution in [-0.2, 0) is 35.4 Å². The molecule has 0 aliphatic carbocycles. The van der Waals surface area contributed by atoms with Crippen molar-refractivity contribution in [1.29, 1.82) is 0 Å². The molecule has 52 heavy (non-hydrogen) atoms. The summed E-state index contributed by atoms with van der Waals surface area (Å²) in [6.07, 6.45) is 8.56. The van der Waals surface area contributed by atoms with E-state index in [1.54, 1.807) is 0 Å². The summed E-state index contributed by atoms with van der Waals surface area (Å²) >= 11 is 2.49. The van der Waals surface area contributed by atoms with Crippen LogP contribution < -0.4 is 10.6 Å². The average Bonchev–Trinajstić information content (AvgIpc) is 4.02. The van der Waals surface area contributed by atoms with E-state index in [9.17, 15) is 9.59 Å². The second-order valence-corrected chi connectivity index (χ2v) is 18.5. The van der Waals surface area contributed by atoms with Gasteiger partial charge in [-0.3, -0.25) is 0 Å². The molecule has 0 aromatic heterocycles. The molecule has 4 amide bonds. The molecule has 10 nitrogen and oxygen atoms in total. The van der Waals surface area contributed by atoms with E-state index in [-0.39, 0.29) is 35.7 Å². The number of halogens is 1. The average molecular weight is 821 g/mol. The zero-order valence-corrected chi connectivity index (χ0v) is 32.7. The molecule has 6 saturated heterocycles. The SMILES string of the molecule is Cc1cc([C@@H]2CCCN2)c2c(c1C1CN[C@H](c3cc(I)cc4c3CN(C(=O)N3CCC5(CCOC5)C3)CC4)C1)CCN(C(=O)N1CC3CC1CO3)C2. The summed E-state index contributed by atoms with van der Waals surface area (Å²) in [4.78, 5) is 36.3. The number of aryl methyl sites for hydroxylation is 1. The first-order valence-electron chi connectivity index (χ1n) is 20.0. The summed E-state index contributed by atoms with van der Waals surface area (Å²) in [5, 5.41) is 7.77. The van der Waals surface area contributed by atoms with Crippen molar-refractivity contribution in [3.63, 3.8) is 0 Å². The zero-order valence-electron chi connectivity index (χ0n) is 30.6. The van der Waals surface area contributed by atoms with E-state index < -0.39 is 0 Å². The van der Waals surface area contributed by atoms with Crippen LogP contribution in [0.25, 0.3) is 0 Å². The fourth-order valence-corrected chi connectivity index (χ4v) is 12.1. The van der Waals surface area contributed by atoms with E-state index in [1.807, 2.05) is 0 Å². The van der Waals surface area contributed by atoms with Crippen LogP contribution in [0.4, 0.5) is 9.59 Å². The lowest BCUT2D eigenvalue weighted by Crippen LogP contribution is -2.50. The summed E-state index contributed by atoms with van der Waals surface area (Å²) < 4.78 is 12.9. The van der Waals surface area contributed by atoms with E-state index in [4.69, 9.17) is 9.47 Å². The van der Waals surface area contributed by atoms with Gasteiger partial charge in [-0.05, 0) is 150 Å². The molecular formula is C41H53IN6O4. The van der Waals surface area contributed by atoms with Crippen molar-refractivity contribution < 1.29 is 19.1 Å². The molecule has 6 fully saturated rings. The Bertz CT molecular complexity index is 1770. The number of morpholine rings is 1. The molecule has 1 spiro atoms. The normalized spacial score (nSPS) is 32.4. The van der Waals surface area contributed by atoms with E-state index in [2.05, 4.69) is 77.9 Å². The Labute approximate surface area is 321 Å². The van der Waals surface area contributed by atoms with Gasteiger partial charge in [-0.25, -0.2) is 9.59 Å². The van der Waals surface area contributed by atoms with Crippen LogP contribution in [0, 0.1) is 15.9 Å². The van der Waals surface area contributed by atoms with Gasteiger partial charge in [0, 0.05) is 80.0 Å². The number of amides is 4. The summed E-state index contributed by atoms with van der Waals surface area (Å²) in [7, 11) is 0. The summed E-state index contributed by atoms with van der Waals surface area (Å²) in [5.74, 6) is 0.405. The molecule has 4 unspecified atom stereocenters. The van der Waals surface area contributed by atoms with Crippen LogP contribution in [-0.4, -0.2) is 109 Å². The van der Waals surface area contributed by atoms with Crippen molar-refractivity contribution >= 4 is 34.7 Å². The molecule has 2 bridgehead atoms. The molecule has 0 saturated carbocycles. The lowest BCUT2D eigenvalue weighted by molar-refractivity contribution is 0.0353. The molecule has 8 aliphatic heterocycles. The monoisotopic (exact) mass is 820 g/mol. The standard InChI is InChI=1S/C41H53IN6O4/c1-25-13-32(36-3-2-8-43-36)35-21-46(40(50)48-19-30-17-29(48)22-52-30)10-5-31(35)38(25)27-15-37(44-18-27)33-16-28(42)14-26-4-9-45(20-34(26)33)39(49)47-11-6-41(23-47)7-12-51-24-41/h13-14,16,27,29-30,36-37,43-44H,2-12,15,17-24H2,1H3/t27?,29?,30?,36-,37-,41?/m0/s1. The smallest absolute Gasteiger partial charge is 0.320 e. The van der Waals surface area contributed by atoms with Crippen molar-refractivity contribution in [2.45, 2.75) is 102 Å². The summed E-state index contributed by atoms with van der Waals surface area (Å²) in [5.41, 5.74) is 11.6. The van der Waals surface area contributed by atoms with E-state index in [0.29, 0.717) is 31.7 Å². The van der Waals surface area contributed by atoms with Gasteiger partial charge < -0.3 is 39.7 Å². The number of carbonyl (C=O) groups is 2. The Morgan fingerprint density at radius 3 is 2.54 bits per heavy atom. The fraction of sp³-hybridized carbons (Fsp3) is 0.659. The number of fused-ring (bicyclic) bond motifs is 4. The van der Waals surface area contributed by atoms with Gasteiger partial charge >= 0.3 is 12.1 Å². The minimum Gasteiger partial charge on any atom is -0.381 e. The van der Waals surface area contributed by atoms with Crippen LogP contribution in [0.5, 0.6) is 0 Å². The van der Waals surface area contributed by atoms with Crippen molar-refractivity contribution in [3.05, 3.63) is 66.3 Å². The van der Waals surface area contributed by atoms with Crippen molar-refractivity contribution in [2.24, 2.45) is 5.41 Å². The highest BCUT2D eigenvalue weighted by Gasteiger charge is 2.46. The number of urea groups is 2. The summed E-state index contributed by atoms with van der Waals surface area (Å²) in [6, 6.07) is 8.45. The van der Waals surface area contributed by atoms with Gasteiger partial charge in [0.2, 0.25) is 0 Å². The molecule has 10 rings (SSSR count). The highest BCUT2D eigenvalue weighted by molar-refractivity contribution is 14.1. The lowest BCUT2D eigenvalue weighted by atomic mass is 9.79. The van der Waals surface area contributed by atoms with E-state index in [0.717, 1.165) is 104 Å². The Hall–Kier alpha value is -2.45. The third-order valence-corrected chi connectivity index (χ3v) is 14.7. The van der Waals surface area contributed by atoms with Crippen LogP contribution in [0.1, 0.15) is 101 Å². The molecule has 8 heterocycles. The topological polar surface area (TPSA) is 89.6 Å². The Morgan fingerprint density at radius 1 is 0.904 bits per heavy atom. The van der Waals surface area contributed by atoms with Crippen molar-refractivity contribution in [3.8, 4) is 0 Å². The maximum Gasteiger partial charge on any atom is 0.320 e. The van der Waals surface area contributed by atoms with Gasteiger partial charge in [0.25, 0.3) is 0 Å². The molecule has 11 heteroatoms. The van der Waals surface area contributed by atoms with Crippen molar-refractivity contribution in [2.75, 3.05) is 65.6 Å². The molecular weight excluding hydrogens is 767 g/mol. The van der Waals surface area contributed by atoms with Crippen LogP contribution in [0.2, 0.25) is 0 Å². The minimum absolute atomic E-state index is 0.174. The summed E-state index contributed by atoms with van der Waals surface area (Å²) in [6.45, 7) is 12.0. The number of likely N-dealkylation sites (tertiary alicyclic amines) is 2. The number of carbonyl (C=O) groups excluding carboxylic acids is 2. The molecule has 2 N–H and O–H groups in total. The highest BCUT2D eigenvalue weighted by Crippen LogP contribution is 2.45. The second-order valence-electron chi connectivity index (χ2n) is 17.2. The number of nitrogens with zero attached hydrogens (tertiary/aromatic N) is 4. The third kappa shape index (κ3) is 5.86. The van der Waals surface area contributed by atoms with Crippen LogP contribution in [0.3, 0.4) is 0 Å². The van der Waals surface area contributed by atoms with Gasteiger partial charge in [0.1, 0.15) is 0 Å². The number of benzene rings is 2. The molecule has 8 aliphatic rings. The minimum atomic E-state index is 0.174. The molecule has 278 valence electrons. The maximum absolute atomic E-state index is 13.9. The zero-order chi connectivity index (χ0) is 35.1. The molecule has 2 aromatic rings. The van der Waals surface area contributed by atoms with E-state index in [1.165, 1.54) is 54.5 Å². The van der Waals surface area contributed by atoms with Gasteiger partial charge in [0.15, 0.2) is 0 Å². The number of hydrogen-bond donors (Lipinski definition) is 2. The lowest BCUT2D eigenvalue weighted by Gasteiger charge is -2.38. The Balaban J connectivity index is 0.908.